The fourth-order valence-corrected chi connectivity index (χ4v) is 5.98. The first-order chi connectivity index (χ1) is 11.4. The molecule has 2 aromatic rings. The summed E-state index contributed by atoms with van der Waals surface area (Å²) in [6.45, 7) is 2.05. The molecule has 24 heavy (non-hydrogen) atoms. The lowest BCUT2D eigenvalue weighted by atomic mass is 10.2. The minimum absolute atomic E-state index is 0.483. The zero-order valence-electron chi connectivity index (χ0n) is 14.8. The predicted octanol–water partition coefficient (Wildman–Crippen LogP) is 3.57. The van der Waals surface area contributed by atoms with Crippen molar-refractivity contribution >= 4 is 35.7 Å². The molecule has 5 nitrogen and oxygen atoms in total. The van der Waals surface area contributed by atoms with Crippen molar-refractivity contribution in [2.45, 2.75) is 6.92 Å². The van der Waals surface area contributed by atoms with Gasteiger partial charge in [-0.2, -0.15) is 0 Å². The third kappa shape index (κ3) is 3.90. The number of hydrogen-bond acceptors (Lipinski definition) is 2. The van der Waals surface area contributed by atoms with Gasteiger partial charge in [0, 0.05) is 23.4 Å². The Balaban J connectivity index is 2.49. The summed E-state index contributed by atoms with van der Waals surface area (Å²) in [7, 11) is 5.99. The Kier molecular flexibility index (Phi) is 6.24. The highest BCUT2D eigenvalue weighted by Crippen LogP contribution is 2.52. The fraction of sp³-hybridized carbons (Fsp3) is 0.294. The fourth-order valence-electron chi connectivity index (χ4n) is 2.58. The highest BCUT2D eigenvalue weighted by molar-refractivity contribution is 7.81. The summed E-state index contributed by atoms with van der Waals surface area (Å²) in [5, 5.41) is 4.86. The summed E-state index contributed by atoms with van der Waals surface area (Å²) in [5.41, 5.74) is 2.12. The molecule has 1 N–H and O–H groups in total. The summed E-state index contributed by atoms with van der Waals surface area (Å²) in [4.78, 5) is 4.13. The third-order valence-corrected chi connectivity index (χ3v) is 7.77. The van der Waals surface area contributed by atoms with Crippen molar-refractivity contribution < 1.29 is 0 Å². The molecular weight excluding hydrogens is 337 g/mol. The number of thiocarbonyl (C=S) groups is 1. The van der Waals surface area contributed by atoms with Gasteiger partial charge in [0.05, 0.1) is 0 Å². The standard InChI is InChI=1S/C17H24N5PS/c1-14-8-6-7-9-16(14)19-17(24)20-23(21(2)3,22(4)5)15-10-12-18-13-11-15/h6-13H,1-5H3,(H,19,24). The maximum atomic E-state index is 5.56. The normalized spacial score (nSPS) is 11.6. The van der Waals surface area contributed by atoms with Crippen LogP contribution in [-0.4, -0.2) is 47.6 Å². The Morgan fingerprint density at radius 2 is 1.62 bits per heavy atom. The molecule has 128 valence electrons. The number of rotatable bonds is 4. The molecule has 1 aromatic heterocycles. The van der Waals surface area contributed by atoms with Gasteiger partial charge in [0.2, 0.25) is 0 Å². The Hall–Kier alpha value is -1.59. The lowest BCUT2D eigenvalue weighted by Crippen LogP contribution is -2.30. The van der Waals surface area contributed by atoms with Crippen molar-refractivity contribution in [1.29, 1.82) is 0 Å². The predicted molar refractivity (Wildman–Crippen MR) is 108 cm³/mol. The zero-order valence-corrected chi connectivity index (χ0v) is 16.5. The van der Waals surface area contributed by atoms with Gasteiger partial charge in [-0.05, 0) is 71.1 Å². The summed E-state index contributed by atoms with van der Waals surface area (Å²) < 4.78 is 9.26. The molecular formula is C17H24N5PS. The molecule has 0 aliphatic rings. The first-order valence-electron chi connectivity index (χ1n) is 7.63. The topological polar surface area (TPSA) is 43.8 Å². The SMILES string of the molecule is Cc1ccccc1NC(=S)N=P(c1ccncc1)(N(C)C)N(C)C. The van der Waals surface area contributed by atoms with E-state index in [1.807, 2.05) is 71.5 Å². The quantitative estimate of drug-likeness (QED) is 0.666. The highest BCUT2D eigenvalue weighted by atomic mass is 32.1. The van der Waals surface area contributed by atoms with Gasteiger partial charge < -0.3 is 5.32 Å². The van der Waals surface area contributed by atoms with Crippen LogP contribution in [0.5, 0.6) is 0 Å². The third-order valence-electron chi connectivity index (χ3n) is 3.74. The first-order valence-corrected chi connectivity index (χ1v) is 9.68. The molecule has 0 saturated carbocycles. The maximum Gasteiger partial charge on any atom is 0.198 e. The first kappa shape index (κ1) is 18.7. The Morgan fingerprint density at radius 3 is 2.17 bits per heavy atom. The van der Waals surface area contributed by atoms with Gasteiger partial charge in [0.1, 0.15) is 7.36 Å². The Labute approximate surface area is 149 Å². The van der Waals surface area contributed by atoms with E-state index in [0.717, 1.165) is 16.6 Å². The Morgan fingerprint density at radius 1 is 1.04 bits per heavy atom. The van der Waals surface area contributed by atoms with Gasteiger partial charge in [-0.25, -0.2) is 4.74 Å². The van der Waals surface area contributed by atoms with Crippen LogP contribution in [0.15, 0.2) is 53.5 Å². The summed E-state index contributed by atoms with van der Waals surface area (Å²) in [5.74, 6) is 0. The molecule has 0 fully saturated rings. The summed E-state index contributed by atoms with van der Waals surface area (Å²) in [6.07, 6.45) is 3.59. The van der Waals surface area contributed by atoms with Crippen LogP contribution in [0, 0.1) is 6.92 Å². The van der Waals surface area contributed by atoms with Crippen molar-refractivity contribution in [2.24, 2.45) is 4.74 Å². The molecule has 0 radical (unpaired) electrons. The minimum atomic E-state index is -2.15. The van der Waals surface area contributed by atoms with Crippen LogP contribution in [-0.2, 0) is 0 Å². The lowest BCUT2D eigenvalue weighted by molar-refractivity contribution is 0.572. The number of aromatic nitrogens is 1. The number of nitrogens with zero attached hydrogens (tertiary/aromatic N) is 4. The van der Waals surface area contributed by atoms with Gasteiger partial charge in [-0.1, -0.05) is 18.2 Å². The van der Waals surface area contributed by atoms with E-state index >= 15 is 0 Å². The molecule has 7 heteroatoms. The zero-order chi connectivity index (χ0) is 17.7. The minimum Gasteiger partial charge on any atom is -0.331 e. The number of anilines is 1. The second kappa shape index (κ2) is 7.99. The van der Waals surface area contributed by atoms with Crippen LogP contribution in [0.4, 0.5) is 5.69 Å². The molecule has 1 heterocycles. The van der Waals surface area contributed by atoms with E-state index in [1.54, 1.807) is 12.4 Å². The van der Waals surface area contributed by atoms with E-state index in [9.17, 15) is 0 Å². The number of para-hydroxylation sites is 1. The molecule has 0 saturated heterocycles. The summed E-state index contributed by atoms with van der Waals surface area (Å²) >= 11 is 5.56. The van der Waals surface area contributed by atoms with E-state index in [1.165, 1.54) is 0 Å². The van der Waals surface area contributed by atoms with Gasteiger partial charge in [0.25, 0.3) is 0 Å². The molecule has 0 bridgehead atoms. The second-order valence-electron chi connectivity index (χ2n) is 5.81. The molecule has 0 spiro atoms. The van der Waals surface area contributed by atoms with Crippen LogP contribution in [0.25, 0.3) is 0 Å². The second-order valence-corrected chi connectivity index (χ2v) is 9.65. The van der Waals surface area contributed by atoms with Gasteiger partial charge in [0.15, 0.2) is 5.11 Å². The molecule has 0 amide bonds. The maximum absolute atomic E-state index is 5.56. The molecule has 0 atom stereocenters. The van der Waals surface area contributed by atoms with E-state index in [-0.39, 0.29) is 0 Å². The Bertz CT molecular complexity index is 747. The summed E-state index contributed by atoms with van der Waals surface area (Å²) in [6, 6.07) is 12.1. The van der Waals surface area contributed by atoms with Gasteiger partial charge in [-0.3, -0.25) is 14.3 Å². The van der Waals surface area contributed by atoms with E-state index < -0.39 is 7.36 Å². The van der Waals surface area contributed by atoms with Gasteiger partial charge in [-0.15, -0.1) is 0 Å². The van der Waals surface area contributed by atoms with Crippen LogP contribution in [0.2, 0.25) is 0 Å². The van der Waals surface area contributed by atoms with E-state index in [2.05, 4.69) is 19.6 Å². The lowest BCUT2D eigenvalue weighted by Gasteiger charge is -2.36. The van der Waals surface area contributed by atoms with Crippen LogP contribution < -0.4 is 10.6 Å². The average Bonchev–Trinajstić information content (AvgIpc) is 2.55. The molecule has 1 aromatic carbocycles. The molecule has 0 unspecified atom stereocenters. The van der Waals surface area contributed by atoms with E-state index in [0.29, 0.717) is 5.11 Å². The highest BCUT2D eigenvalue weighted by Gasteiger charge is 2.28. The smallest absolute Gasteiger partial charge is 0.198 e. The largest absolute Gasteiger partial charge is 0.331 e. The average molecular weight is 361 g/mol. The van der Waals surface area contributed by atoms with Crippen LogP contribution in [0.1, 0.15) is 5.56 Å². The molecule has 0 aliphatic heterocycles. The van der Waals surface area contributed by atoms with E-state index in [4.69, 9.17) is 17.0 Å². The molecule has 0 aliphatic carbocycles. The number of hydrogen-bond donors (Lipinski definition) is 1. The van der Waals surface area contributed by atoms with Crippen molar-refractivity contribution in [3.05, 3.63) is 54.4 Å². The van der Waals surface area contributed by atoms with Crippen molar-refractivity contribution in [2.75, 3.05) is 33.5 Å². The number of pyridine rings is 1. The van der Waals surface area contributed by atoms with Crippen LogP contribution in [0.3, 0.4) is 0 Å². The van der Waals surface area contributed by atoms with Gasteiger partial charge >= 0.3 is 0 Å². The van der Waals surface area contributed by atoms with Crippen molar-refractivity contribution in [1.82, 2.24) is 14.3 Å². The molecule has 2 rings (SSSR count). The number of nitrogens with one attached hydrogen (secondary N) is 1. The number of aryl methyl sites for hydroxylation is 1. The van der Waals surface area contributed by atoms with Crippen LogP contribution >= 0.6 is 19.6 Å². The van der Waals surface area contributed by atoms with Crippen molar-refractivity contribution in [3.63, 3.8) is 0 Å². The monoisotopic (exact) mass is 361 g/mol. The van der Waals surface area contributed by atoms with Crippen molar-refractivity contribution in [3.8, 4) is 0 Å². The number of benzene rings is 1.